The zero-order valence-electron chi connectivity index (χ0n) is 7.46. The fourth-order valence-electron chi connectivity index (χ4n) is 0.948. The van der Waals surface area contributed by atoms with Gasteiger partial charge in [-0.1, -0.05) is 13.8 Å². The van der Waals surface area contributed by atoms with Crippen LogP contribution >= 0.6 is 11.8 Å². The van der Waals surface area contributed by atoms with Gasteiger partial charge < -0.3 is 0 Å². The van der Waals surface area contributed by atoms with Crippen molar-refractivity contribution in [3.05, 3.63) is 11.9 Å². The molecular weight excluding hydrogens is 156 g/mol. The summed E-state index contributed by atoms with van der Waals surface area (Å²) in [5.41, 5.74) is 1.13. The Balaban J connectivity index is 2.77. The second kappa shape index (κ2) is 3.30. The summed E-state index contributed by atoms with van der Waals surface area (Å²) in [6.07, 6.45) is 2.07. The van der Waals surface area contributed by atoms with Crippen LogP contribution in [0.25, 0.3) is 0 Å². The van der Waals surface area contributed by atoms with Crippen molar-refractivity contribution < 1.29 is 0 Å². The lowest BCUT2D eigenvalue weighted by Gasteiger charge is -2.00. The second-order valence-electron chi connectivity index (χ2n) is 2.92. The van der Waals surface area contributed by atoms with Gasteiger partial charge in [0, 0.05) is 23.4 Å². The first-order valence-electron chi connectivity index (χ1n) is 3.76. The Hall–Kier alpha value is -0.440. The molecule has 0 bridgehead atoms. The average Bonchev–Trinajstić information content (AvgIpc) is 2.09. The van der Waals surface area contributed by atoms with Crippen LogP contribution in [0.2, 0.25) is 0 Å². The number of thioether (sulfide) groups is 1. The molecular formula is C8H14N2S. The molecule has 1 aromatic rings. The van der Waals surface area contributed by atoms with E-state index in [0.29, 0.717) is 5.25 Å². The standard InChI is InChI=1S/C8H14N2S/c1-6(2)11-8-5-10(4)9-7(8)3/h5-6H,1-4H3. The summed E-state index contributed by atoms with van der Waals surface area (Å²) >= 11 is 1.86. The minimum absolute atomic E-state index is 0.637. The van der Waals surface area contributed by atoms with E-state index in [1.165, 1.54) is 4.90 Å². The minimum atomic E-state index is 0.637. The van der Waals surface area contributed by atoms with Gasteiger partial charge in [-0.05, 0) is 6.92 Å². The van der Waals surface area contributed by atoms with Crippen LogP contribution in [0.3, 0.4) is 0 Å². The molecule has 0 fully saturated rings. The third-order valence-electron chi connectivity index (χ3n) is 1.33. The molecule has 11 heavy (non-hydrogen) atoms. The van der Waals surface area contributed by atoms with Crippen molar-refractivity contribution in [2.45, 2.75) is 30.9 Å². The Morgan fingerprint density at radius 3 is 2.55 bits per heavy atom. The van der Waals surface area contributed by atoms with E-state index in [2.05, 4.69) is 25.1 Å². The van der Waals surface area contributed by atoms with Crippen LogP contribution in [0.1, 0.15) is 19.5 Å². The number of aryl methyl sites for hydroxylation is 2. The molecule has 0 N–H and O–H groups in total. The molecule has 0 aliphatic carbocycles. The molecule has 0 atom stereocenters. The van der Waals surface area contributed by atoms with Gasteiger partial charge in [-0.25, -0.2) is 0 Å². The first-order valence-corrected chi connectivity index (χ1v) is 4.64. The average molecular weight is 170 g/mol. The van der Waals surface area contributed by atoms with Gasteiger partial charge in [0.15, 0.2) is 0 Å². The minimum Gasteiger partial charge on any atom is -0.274 e. The van der Waals surface area contributed by atoms with E-state index < -0.39 is 0 Å². The largest absolute Gasteiger partial charge is 0.274 e. The van der Waals surface area contributed by atoms with E-state index >= 15 is 0 Å². The van der Waals surface area contributed by atoms with Gasteiger partial charge in [-0.3, -0.25) is 4.68 Å². The molecule has 1 aromatic heterocycles. The Labute approximate surface area is 72.0 Å². The summed E-state index contributed by atoms with van der Waals surface area (Å²) in [5.74, 6) is 0. The van der Waals surface area contributed by atoms with Crippen LogP contribution < -0.4 is 0 Å². The van der Waals surface area contributed by atoms with Gasteiger partial charge in [-0.2, -0.15) is 5.10 Å². The Kier molecular flexibility index (Phi) is 2.60. The van der Waals surface area contributed by atoms with Crippen LogP contribution in [-0.2, 0) is 7.05 Å². The Morgan fingerprint density at radius 2 is 2.18 bits per heavy atom. The van der Waals surface area contributed by atoms with Crippen molar-refractivity contribution in [3.63, 3.8) is 0 Å². The van der Waals surface area contributed by atoms with Crippen LogP contribution in [0.5, 0.6) is 0 Å². The molecule has 0 aliphatic rings. The number of hydrogen-bond acceptors (Lipinski definition) is 2. The molecule has 0 amide bonds. The van der Waals surface area contributed by atoms with E-state index in [9.17, 15) is 0 Å². The first-order chi connectivity index (χ1) is 5.09. The van der Waals surface area contributed by atoms with Gasteiger partial charge in [0.05, 0.1) is 5.69 Å². The maximum atomic E-state index is 4.26. The zero-order valence-corrected chi connectivity index (χ0v) is 8.27. The maximum Gasteiger partial charge on any atom is 0.0729 e. The zero-order chi connectivity index (χ0) is 8.43. The van der Waals surface area contributed by atoms with Crippen LogP contribution in [0.4, 0.5) is 0 Å². The molecule has 0 saturated heterocycles. The van der Waals surface area contributed by atoms with E-state index in [4.69, 9.17) is 0 Å². The highest BCUT2D eigenvalue weighted by atomic mass is 32.2. The lowest BCUT2D eigenvalue weighted by Crippen LogP contribution is -1.86. The molecule has 0 aromatic carbocycles. The lowest BCUT2D eigenvalue weighted by atomic mass is 10.5. The van der Waals surface area contributed by atoms with E-state index in [1.807, 2.05) is 30.4 Å². The van der Waals surface area contributed by atoms with Crippen LogP contribution in [-0.4, -0.2) is 15.0 Å². The predicted molar refractivity (Wildman–Crippen MR) is 48.9 cm³/mol. The molecule has 1 rings (SSSR count). The predicted octanol–water partition coefficient (Wildman–Crippen LogP) is 2.23. The van der Waals surface area contributed by atoms with Crippen molar-refractivity contribution in [3.8, 4) is 0 Å². The second-order valence-corrected chi connectivity index (χ2v) is 4.54. The quantitative estimate of drug-likeness (QED) is 0.633. The smallest absolute Gasteiger partial charge is 0.0729 e. The van der Waals surface area contributed by atoms with Gasteiger partial charge in [0.25, 0.3) is 0 Å². The SMILES string of the molecule is Cc1nn(C)cc1SC(C)C. The van der Waals surface area contributed by atoms with Crippen molar-refractivity contribution >= 4 is 11.8 Å². The van der Waals surface area contributed by atoms with Crippen molar-refractivity contribution in [2.24, 2.45) is 7.05 Å². The fourth-order valence-corrected chi connectivity index (χ4v) is 1.88. The van der Waals surface area contributed by atoms with E-state index in [-0.39, 0.29) is 0 Å². The van der Waals surface area contributed by atoms with E-state index in [0.717, 1.165) is 5.69 Å². The van der Waals surface area contributed by atoms with E-state index in [1.54, 1.807) is 0 Å². The molecule has 62 valence electrons. The maximum absolute atomic E-state index is 4.26. The lowest BCUT2D eigenvalue weighted by molar-refractivity contribution is 0.756. The van der Waals surface area contributed by atoms with Gasteiger partial charge in [0.1, 0.15) is 0 Å². The monoisotopic (exact) mass is 170 g/mol. The third kappa shape index (κ3) is 2.26. The summed E-state index contributed by atoms with van der Waals surface area (Å²) < 4.78 is 1.86. The van der Waals surface area contributed by atoms with Gasteiger partial charge in [-0.15, -0.1) is 11.8 Å². The molecule has 0 unspecified atom stereocenters. The van der Waals surface area contributed by atoms with Gasteiger partial charge in [0.2, 0.25) is 0 Å². The van der Waals surface area contributed by atoms with Crippen molar-refractivity contribution in [1.82, 2.24) is 9.78 Å². The number of hydrogen-bond donors (Lipinski definition) is 0. The van der Waals surface area contributed by atoms with Gasteiger partial charge >= 0.3 is 0 Å². The highest BCUT2D eigenvalue weighted by Crippen LogP contribution is 2.24. The molecule has 3 heteroatoms. The number of aromatic nitrogens is 2. The fraction of sp³-hybridized carbons (Fsp3) is 0.625. The molecule has 0 aliphatic heterocycles. The molecule has 0 radical (unpaired) electrons. The molecule has 0 saturated carbocycles. The number of rotatable bonds is 2. The summed E-state index contributed by atoms with van der Waals surface area (Å²) in [6, 6.07) is 0. The Morgan fingerprint density at radius 1 is 1.55 bits per heavy atom. The van der Waals surface area contributed by atoms with Crippen molar-refractivity contribution in [2.75, 3.05) is 0 Å². The normalized spacial score (nSPS) is 11.0. The summed E-state index contributed by atoms with van der Waals surface area (Å²) in [6.45, 7) is 6.43. The Bertz CT molecular complexity index is 240. The van der Waals surface area contributed by atoms with Crippen LogP contribution in [0, 0.1) is 6.92 Å². The molecule has 2 nitrogen and oxygen atoms in total. The highest BCUT2D eigenvalue weighted by molar-refractivity contribution is 8.00. The summed E-state index contributed by atoms with van der Waals surface area (Å²) in [4.78, 5) is 1.29. The number of nitrogens with zero attached hydrogens (tertiary/aromatic N) is 2. The third-order valence-corrected chi connectivity index (χ3v) is 2.46. The first kappa shape index (κ1) is 8.65. The highest BCUT2D eigenvalue weighted by Gasteiger charge is 2.04. The molecule has 1 heterocycles. The summed E-state index contributed by atoms with van der Waals surface area (Å²) in [7, 11) is 1.96. The topological polar surface area (TPSA) is 17.8 Å². The van der Waals surface area contributed by atoms with Crippen molar-refractivity contribution in [1.29, 1.82) is 0 Å². The summed E-state index contributed by atoms with van der Waals surface area (Å²) in [5, 5.41) is 4.90. The van der Waals surface area contributed by atoms with Crippen LogP contribution in [0.15, 0.2) is 11.1 Å². The molecule has 0 spiro atoms.